The summed E-state index contributed by atoms with van der Waals surface area (Å²) in [5.74, 6) is -1.95. The molecule has 0 saturated carbocycles. The van der Waals surface area contributed by atoms with E-state index < -0.39 is 23.6 Å². The first-order chi connectivity index (χ1) is 16.8. The van der Waals surface area contributed by atoms with Crippen LogP contribution in [0.15, 0.2) is 66.7 Å². The maximum atomic E-state index is 14.9. The molecule has 2 amide bonds. The number of hydrogen-bond acceptors (Lipinski definition) is 4. The van der Waals surface area contributed by atoms with Crippen molar-refractivity contribution in [2.24, 2.45) is 5.73 Å². The van der Waals surface area contributed by atoms with E-state index in [1.807, 2.05) is 0 Å². The van der Waals surface area contributed by atoms with E-state index in [4.69, 9.17) is 11.1 Å². The number of anilines is 3. The van der Waals surface area contributed by atoms with Crippen LogP contribution in [0.3, 0.4) is 0 Å². The first-order valence-electron chi connectivity index (χ1n) is 11.2. The zero-order chi connectivity index (χ0) is 24.9. The third-order valence-electron chi connectivity index (χ3n) is 5.76. The average molecular weight is 478 g/mol. The van der Waals surface area contributed by atoms with Gasteiger partial charge in [0.15, 0.2) is 0 Å². The van der Waals surface area contributed by atoms with Gasteiger partial charge in [-0.15, -0.1) is 0 Å². The highest BCUT2D eigenvalue weighted by atomic mass is 19.1. The third kappa shape index (κ3) is 5.63. The quantitative estimate of drug-likeness (QED) is 0.295. The van der Waals surface area contributed by atoms with Crippen molar-refractivity contribution < 1.29 is 18.4 Å². The van der Waals surface area contributed by atoms with Gasteiger partial charge < -0.3 is 21.3 Å². The molecule has 0 bridgehead atoms. The van der Waals surface area contributed by atoms with Gasteiger partial charge >= 0.3 is 0 Å². The molecular weight excluding hydrogens is 452 g/mol. The lowest BCUT2D eigenvalue weighted by Gasteiger charge is -2.27. The second kappa shape index (κ2) is 10.3. The molecule has 7 nitrogen and oxygen atoms in total. The Morgan fingerprint density at radius 1 is 1.00 bits per heavy atom. The fraction of sp³-hybridized carbons (Fsp3) is 0.192. The molecule has 1 unspecified atom stereocenters. The normalized spacial score (nSPS) is 14.3. The van der Waals surface area contributed by atoms with Gasteiger partial charge in [-0.25, -0.2) is 8.78 Å². The summed E-state index contributed by atoms with van der Waals surface area (Å²) in [7, 11) is 0. The van der Waals surface area contributed by atoms with Crippen LogP contribution in [-0.2, 0) is 9.59 Å². The molecule has 1 fully saturated rings. The van der Waals surface area contributed by atoms with E-state index in [0.29, 0.717) is 29.8 Å². The lowest BCUT2D eigenvalue weighted by atomic mass is 10.0. The third-order valence-corrected chi connectivity index (χ3v) is 5.76. The van der Waals surface area contributed by atoms with Gasteiger partial charge in [0.2, 0.25) is 5.91 Å². The zero-order valence-corrected chi connectivity index (χ0v) is 18.9. The Kier molecular flexibility index (Phi) is 7.05. The van der Waals surface area contributed by atoms with Crippen molar-refractivity contribution in [1.29, 1.82) is 5.41 Å². The fourth-order valence-corrected chi connectivity index (χ4v) is 4.01. The Morgan fingerprint density at radius 2 is 1.80 bits per heavy atom. The molecule has 0 aromatic heterocycles. The van der Waals surface area contributed by atoms with Crippen LogP contribution < -0.4 is 21.3 Å². The van der Waals surface area contributed by atoms with E-state index in [-0.39, 0.29) is 23.1 Å². The van der Waals surface area contributed by atoms with Gasteiger partial charge in [0, 0.05) is 29.9 Å². The molecule has 180 valence electrons. The predicted molar refractivity (Wildman–Crippen MR) is 131 cm³/mol. The van der Waals surface area contributed by atoms with Gasteiger partial charge in [0.1, 0.15) is 23.5 Å². The van der Waals surface area contributed by atoms with E-state index in [9.17, 15) is 18.4 Å². The summed E-state index contributed by atoms with van der Waals surface area (Å²) >= 11 is 0. The van der Waals surface area contributed by atoms with Gasteiger partial charge in [-0.05, 0) is 60.9 Å². The van der Waals surface area contributed by atoms with Crippen LogP contribution in [0.25, 0.3) is 0 Å². The topological polar surface area (TPSA) is 111 Å². The van der Waals surface area contributed by atoms with Crippen LogP contribution in [-0.4, -0.2) is 24.2 Å². The molecule has 4 rings (SSSR count). The molecule has 5 N–H and O–H groups in total. The Labute approximate surface area is 201 Å². The second-order valence-electron chi connectivity index (χ2n) is 8.28. The first kappa shape index (κ1) is 23.9. The number of nitrogens with zero attached hydrogens (tertiary/aromatic N) is 1. The molecule has 1 saturated heterocycles. The summed E-state index contributed by atoms with van der Waals surface area (Å²) < 4.78 is 28.8. The van der Waals surface area contributed by atoms with E-state index >= 15 is 0 Å². The number of amides is 2. The van der Waals surface area contributed by atoms with Crippen molar-refractivity contribution in [1.82, 2.24) is 0 Å². The maximum absolute atomic E-state index is 14.9. The molecule has 0 aliphatic carbocycles. The van der Waals surface area contributed by atoms with E-state index in [1.54, 1.807) is 30.3 Å². The average Bonchev–Trinajstić information content (AvgIpc) is 2.83. The van der Waals surface area contributed by atoms with Crippen molar-refractivity contribution >= 4 is 34.7 Å². The minimum atomic E-state index is -1.03. The summed E-state index contributed by atoms with van der Waals surface area (Å²) in [5, 5.41) is 13.3. The molecule has 35 heavy (non-hydrogen) atoms. The van der Waals surface area contributed by atoms with Gasteiger partial charge in [-0.3, -0.25) is 15.0 Å². The Bertz CT molecular complexity index is 1280. The standard InChI is InChI=1S/C26H25F2N5O2/c27-18-7-3-5-16(13-18)24(31-19-8-4-6-17(14-19)25(29)30)26(35)32-20-10-11-22(21(28)15-20)33-12-2-1-9-23(33)34/h3-8,10-11,13-15,24,31H,1-2,9,12H2,(H3,29,30)(H,32,35). The number of rotatable bonds is 7. The number of piperidine rings is 1. The fourth-order valence-electron chi connectivity index (χ4n) is 4.01. The van der Waals surface area contributed by atoms with Crippen LogP contribution in [0.1, 0.15) is 36.4 Å². The van der Waals surface area contributed by atoms with Crippen molar-refractivity contribution in [3.05, 3.63) is 89.5 Å². The Hall–Kier alpha value is -4.27. The molecular formula is C26H25F2N5O2. The molecule has 0 radical (unpaired) electrons. The number of carbonyl (C=O) groups excluding carboxylic acids is 2. The van der Waals surface area contributed by atoms with Crippen LogP contribution in [0.5, 0.6) is 0 Å². The summed E-state index contributed by atoms with van der Waals surface area (Å²) in [5.41, 5.74) is 7.24. The number of nitrogen functional groups attached to an aromatic ring is 1. The monoisotopic (exact) mass is 477 g/mol. The number of amidine groups is 1. The number of nitrogens with two attached hydrogens (primary N) is 1. The van der Waals surface area contributed by atoms with Crippen molar-refractivity contribution in [2.75, 3.05) is 22.1 Å². The number of benzene rings is 3. The van der Waals surface area contributed by atoms with E-state index in [0.717, 1.165) is 18.9 Å². The van der Waals surface area contributed by atoms with E-state index in [2.05, 4.69) is 10.6 Å². The summed E-state index contributed by atoms with van der Waals surface area (Å²) in [4.78, 5) is 26.8. The highest BCUT2D eigenvalue weighted by Gasteiger charge is 2.24. The van der Waals surface area contributed by atoms with Crippen LogP contribution >= 0.6 is 0 Å². The molecule has 0 spiro atoms. The van der Waals surface area contributed by atoms with Gasteiger partial charge in [-0.1, -0.05) is 24.3 Å². The van der Waals surface area contributed by atoms with Crippen LogP contribution in [0, 0.1) is 17.0 Å². The summed E-state index contributed by atoms with van der Waals surface area (Å²) in [6.45, 7) is 0.451. The molecule has 1 heterocycles. The minimum absolute atomic E-state index is 0.130. The molecule has 1 aliphatic heterocycles. The molecule has 1 aliphatic rings. The summed E-state index contributed by atoms with van der Waals surface area (Å²) in [6.07, 6.45) is 1.97. The second-order valence-corrected chi connectivity index (χ2v) is 8.28. The zero-order valence-electron chi connectivity index (χ0n) is 18.9. The predicted octanol–water partition coefficient (Wildman–Crippen LogP) is 4.56. The molecule has 1 atom stereocenters. The smallest absolute Gasteiger partial charge is 0.251 e. The largest absolute Gasteiger partial charge is 0.384 e. The van der Waals surface area contributed by atoms with Crippen LogP contribution in [0.2, 0.25) is 0 Å². The molecule has 9 heteroatoms. The van der Waals surface area contributed by atoms with Crippen molar-refractivity contribution in [2.45, 2.75) is 25.3 Å². The number of hydrogen-bond donors (Lipinski definition) is 4. The first-order valence-corrected chi connectivity index (χ1v) is 11.2. The summed E-state index contributed by atoms with van der Waals surface area (Å²) in [6, 6.07) is 15.3. The number of nitrogens with one attached hydrogen (secondary N) is 3. The van der Waals surface area contributed by atoms with E-state index in [1.165, 1.54) is 35.2 Å². The van der Waals surface area contributed by atoms with Crippen LogP contribution in [0.4, 0.5) is 25.8 Å². The number of carbonyl (C=O) groups is 2. The van der Waals surface area contributed by atoms with Crippen molar-refractivity contribution in [3.63, 3.8) is 0 Å². The van der Waals surface area contributed by atoms with Gasteiger partial charge in [0.25, 0.3) is 5.91 Å². The highest BCUT2D eigenvalue weighted by Crippen LogP contribution is 2.28. The lowest BCUT2D eigenvalue weighted by molar-refractivity contribution is -0.119. The lowest BCUT2D eigenvalue weighted by Crippen LogP contribution is -2.35. The Balaban J connectivity index is 1.59. The van der Waals surface area contributed by atoms with Gasteiger partial charge in [0.05, 0.1) is 5.69 Å². The Morgan fingerprint density at radius 3 is 2.51 bits per heavy atom. The van der Waals surface area contributed by atoms with Gasteiger partial charge in [-0.2, -0.15) is 0 Å². The molecule has 3 aromatic rings. The minimum Gasteiger partial charge on any atom is -0.384 e. The SMILES string of the molecule is N=C(N)c1cccc(NC(C(=O)Nc2ccc(N3CCCCC3=O)c(F)c2)c2cccc(F)c2)c1. The maximum Gasteiger partial charge on any atom is 0.251 e. The van der Waals surface area contributed by atoms with Crippen molar-refractivity contribution in [3.8, 4) is 0 Å². The number of halogens is 2. The highest BCUT2D eigenvalue weighted by molar-refractivity contribution is 5.99. The molecule has 3 aromatic carbocycles.